The fourth-order valence-corrected chi connectivity index (χ4v) is 3.47. The van der Waals surface area contributed by atoms with Gasteiger partial charge in [-0.3, -0.25) is 0 Å². The topological polar surface area (TPSA) is 65.2 Å². The number of nitrogens with one attached hydrogen (secondary N) is 2. The Morgan fingerprint density at radius 1 is 1.37 bits per heavy atom. The maximum atomic E-state index is 12.2. The summed E-state index contributed by atoms with van der Waals surface area (Å²) in [7, 11) is 0.315. The van der Waals surface area contributed by atoms with Gasteiger partial charge in [0.1, 0.15) is 4.90 Å². The molecule has 0 unspecified atom stereocenters. The molecule has 1 aromatic carbocycles. The van der Waals surface area contributed by atoms with Gasteiger partial charge in [0.15, 0.2) is 0 Å². The number of sulfonamides is 1. The van der Waals surface area contributed by atoms with Crippen LogP contribution in [0.1, 0.15) is 0 Å². The molecule has 0 amide bonds. The minimum atomic E-state index is -3.48. The van der Waals surface area contributed by atoms with E-state index < -0.39 is 10.0 Å². The van der Waals surface area contributed by atoms with Crippen LogP contribution < -0.4 is 4.72 Å². The highest BCUT2D eigenvalue weighted by atomic mass is 79.9. The van der Waals surface area contributed by atoms with Gasteiger partial charge in [-0.1, -0.05) is 12.1 Å². The average molecular weight is 346 g/mol. The zero-order valence-electron chi connectivity index (χ0n) is 10.8. The van der Waals surface area contributed by atoms with E-state index in [2.05, 4.69) is 25.6 Å². The molecule has 0 aliphatic rings. The molecule has 0 fully saturated rings. The largest absolute Gasteiger partial charge is 0.359 e. The summed E-state index contributed by atoms with van der Waals surface area (Å²) in [6.45, 7) is 1.04. The van der Waals surface area contributed by atoms with E-state index in [4.69, 9.17) is 0 Å². The zero-order valence-corrected chi connectivity index (χ0v) is 13.2. The van der Waals surface area contributed by atoms with Gasteiger partial charge in [-0.15, -0.1) is 0 Å². The van der Waals surface area contributed by atoms with Crippen molar-refractivity contribution in [2.75, 3.05) is 27.2 Å². The van der Waals surface area contributed by atoms with Gasteiger partial charge in [-0.05, 0) is 36.1 Å². The van der Waals surface area contributed by atoms with E-state index in [1.807, 2.05) is 31.1 Å². The summed E-state index contributed by atoms with van der Waals surface area (Å²) >= 11 is 3.40. The first-order chi connectivity index (χ1) is 8.92. The summed E-state index contributed by atoms with van der Waals surface area (Å²) in [5, 5.41) is 0.687. The number of hydrogen-bond acceptors (Lipinski definition) is 3. The molecule has 104 valence electrons. The van der Waals surface area contributed by atoms with Crippen LogP contribution in [0.5, 0.6) is 0 Å². The van der Waals surface area contributed by atoms with E-state index >= 15 is 0 Å². The second-order valence-electron chi connectivity index (χ2n) is 4.52. The van der Waals surface area contributed by atoms with Crippen LogP contribution >= 0.6 is 15.9 Å². The van der Waals surface area contributed by atoms with Crippen LogP contribution in [-0.4, -0.2) is 45.5 Å². The number of aromatic amines is 1. The van der Waals surface area contributed by atoms with Gasteiger partial charge in [-0.25, -0.2) is 13.1 Å². The highest BCUT2D eigenvalue weighted by Crippen LogP contribution is 2.27. The molecule has 7 heteroatoms. The number of nitrogens with zero attached hydrogens (tertiary/aromatic N) is 1. The van der Waals surface area contributed by atoms with E-state index in [0.717, 1.165) is 9.99 Å². The van der Waals surface area contributed by atoms with Crippen molar-refractivity contribution in [3.63, 3.8) is 0 Å². The predicted molar refractivity (Wildman–Crippen MR) is 79.7 cm³/mol. The minimum absolute atomic E-state index is 0.280. The summed E-state index contributed by atoms with van der Waals surface area (Å²) in [4.78, 5) is 5.19. The van der Waals surface area contributed by atoms with E-state index in [1.165, 1.54) is 6.20 Å². The van der Waals surface area contributed by atoms with Crippen molar-refractivity contribution in [1.82, 2.24) is 14.6 Å². The fourth-order valence-electron chi connectivity index (χ4n) is 1.80. The standard InChI is InChI=1S/C12H16BrN3O2S/c1-16(2)7-6-15-19(17,18)11-8-14-12-9(11)4-3-5-10(12)13/h3-5,8,14-15H,6-7H2,1-2H3. The number of para-hydroxylation sites is 1. The van der Waals surface area contributed by atoms with Gasteiger partial charge in [0.2, 0.25) is 10.0 Å². The SMILES string of the molecule is CN(C)CCNS(=O)(=O)c1c[nH]c2c(Br)cccc12. The predicted octanol–water partition coefficient (Wildman–Crippen LogP) is 1.77. The quantitative estimate of drug-likeness (QED) is 0.867. The molecule has 1 heterocycles. The van der Waals surface area contributed by atoms with Crippen LogP contribution in [0, 0.1) is 0 Å². The number of H-pyrrole nitrogens is 1. The highest BCUT2D eigenvalue weighted by molar-refractivity contribution is 9.10. The maximum Gasteiger partial charge on any atom is 0.242 e. The van der Waals surface area contributed by atoms with Crippen LogP contribution in [0.15, 0.2) is 33.8 Å². The van der Waals surface area contributed by atoms with Gasteiger partial charge in [-0.2, -0.15) is 0 Å². The maximum absolute atomic E-state index is 12.2. The van der Waals surface area contributed by atoms with Crippen molar-refractivity contribution in [2.24, 2.45) is 0 Å². The summed E-state index contributed by atoms with van der Waals surface area (Å²) in [5.74, 6) is 0. The summed E-state index contributed by atoms with van der Waals surface area (Å²) < 4.78 is 27.9. The Morgan fingerprint density at radius 3 is 2.79 bits per heavy atom. The first kappa shape index (κ1) is 14.5. The van der Waals surface area contributed by atoms with Crippen molar-refractivity contribution in [2.45, 2.75) is 4.90 Å². The molecule has 0 aliphatic carbocycles. The number of fused-ring (bicyclic) bond motifs is 1. The number of rotatable bonds is 5. The van der Waals surface area contributed by atoms with E-state index in [9.17, 15) is 8.42 Å². The minimum Gasteiger partial charge on any atom is -0.359 e. The van der Waals surface area contributed by atoms with Gasteiger partial charge in [0.05, 0.1) is 5.52 Å². The first-order valence-electron chi connectivity index (χ1n) is 5.82. The molecule has 0 saturated heterocycles. The number of hydrogen-bond donors (Lipinski definition) is 2. The molecule has 0 radical (unpaired) electrons. The molecule has 2 aromatic rings. The van der Waals surface area contributed by atoms with Gasteiger partial charge >= 0.3 is 0 Å². The number of benzene rings is 1. The monoisotopic (exact) mass is 345 g/mol. The Bertz CT molecular complexity index is 679. The Morgan fingerprint density at radius 2 is 2.11 bits per heavy atom. The van der Waals surface area contributed by atoms with E-state index in [1.54, 1.807) is 6.07 Å². The first-order valence-corrected chi connectivity index (χ1v) is 8.09. The van der Waals surface area contributed by atoms with Crippen LogP contribution in [0.2, 0.25) is 0 Å². The van der Waals surface area contributed by atoms with Gasteiger partial charge in [0.25, 0.3) is 0 Å². The van der Waals surface area contributed by atoms with Crippen molar-refractivity contribution in [3.05, 3.63) is 28.9 Å². The van der Waals surface area contributed by atoms with E-state index in [0.29, 0.717) is 18.5 Å². The molecule has 2 rings (SSSR count). The average Bonchev–Trinajstić information content (AvgIpc) is 2.74. The smallest absolute Gasteiger partial charge is 0.242 e. The number of halogens is 1. The molecule has 0 spiro atoms. The summed E-state index contributed by atoms with van der Waals surface area (Å²) in [6.07, 6.45) is 1.52. The van der Waals surface area contributed by atoms with Crippen molar-refractivity contribution in [1.29, 1.82) is 0 Å². The molecule has 5 nitrogen and oxygen atoms in total. The molecular formula is C12H16BrN3O2S. The Kier molecular flexibility index (Phi) is 4.29. The second kappa shape index (κ2) is 5.62. The Labute approximate surface area is 121 Å². The third kappa shape index (κ3) is 3.17. The van der Waals surface area contributed by atoms with Gasteiger partial charge < -0.3 is 9.88 Å². The van der Waals surface area contributed by atoms with Gasteiger partial charge in [0, 0.05) is 29.1 Å². The molecule has 2 N–H and O–H groups in total. The fraction of sp³-hybridized carbons (Fsp3) is 0.333. The van der Waals surface area contributed by atoms with Crippen LogP contribution in [0.3, 0.4) is 0 Å². The normalized spacial score (nSPS) is 12.4. The third-order valence-corrected chi connectivity index (χ3v) is 4.93. The summed E-state index contributed by atoms with van der Waals surface area (Å²) in [6, 6.07) is 5.48. The Hall–Kier alpha value is -0.890. The summed E-state index contributed by atoms with van der Waals surface area (Å²) in [5.41, 5.74) is 0.787. The molecule has 0 atom stereocenters. The molecule has 0 bridgehead atoms. The molecule has 1 aromatic heterocycles. The lowest BCUT2D eigenvalue weighted by Gasteiger charge is -2.10. The second-order valence-corrected chi connectivity index (χ2v) is 7.11. The molecule has 0 saturated carbocycles. The lowest BCUT2D eigenvalue weighted by Crippen LogP contribution is -2.31. The number of likely N-dealkylation sites (N-methyl/N-ethyl adjacent to an activating group) is 1. The lowest BCUT2D eigenvalue weighted by atomic mass is 10.2. The third-order valence-electron chi connectivity index (χ3n) is 2.77. The van der Waals surface area contributed by atoms with Crippen molar-refractivity contribution in [3.8, 4) is 0 Å². The number of aromatic nitrogens is 1. The van der Waals surface area contributed by atoms with Crippen LogP contribution in [0.25, 0.3) is 10.9 Å². The molecule has 19 heavy (non-hydrogen) atoms. The molecular weight excluding hydrogens is 330 g/mol. The highest BCUT2D eigenvalue weighted by Gasteiger charge is 2.19. The Balaban J connectivity index is 2.31. The van der Waals surface area contributed by atoms with Crippen LogP contribution in [0.4, 0.5) is 0 Å². The van der Waals surface area contributed by atoms with E-state index in [-0.39, 0.29) is 4.90 Å². The van der Waals surface area contributed by atoms with Crippen molar-refractivity contribution >= 4 is 36.9 Å². The van der Waals surface area contributed by atoms with Crippen LogP contribution in [-0.2, 0) is 10.0 Å². The van der Waals surface area contributed by atoms with Crippen molar-refractivity contribution < 1.29 is 8.42 Å². The lowest BCUT2D eigenvalue weighted by molar-refractivity contribution is 0.412. The molecule has 0 aliphatic heterocycles. The zero-order chi connectivity index (χ0) is 14.0.